The number of nitriles is 1. The molecule has 2 aromatic heterocycles. The van der Waals surface area contributed by atoms with E-state index in [-0.39, 0.29) is 24.3 Å². The fraction of sp³-hybridized carbons (Fsp3) is 0.333. The number of aromatic amines is 1. The lowest BCUT2D eigenvalue weighted by Crippen LogP contribution is -2.59. The number of para-hydroxylation sites is 1. The first kappa shape index (κ1) is 27.9. The van der Waals surface area contributed by atoms with Gasteiger partial charge in [-0.1, -0.05) is 55.7 Å². The number of amides is 2. The molecule has 0 aliphatic heterocycles. The molecule has 210 valence electrons. The third-order valence-corrected chi connectivity index (χ3v) is 8.13. The Kier molecular flexibility index (Phi) is 8.34. The number of hydrogen-bond acceptors (Lipinski definition) is 5. The Morgan fingerprint density at radius 1 is 1.07 bits per heavy atom. The zero-order valence-corrected chi connectivity index (χ0v) is 23.3. The minimum atomic E-state index is -1.30. The molecule has 2 heterocycles. The highest BCUT2D eigenvalue weighted by molar-refractivity contribution is 5.91. The highest BCUT2D eigenvalue weighted by atomic mass is 16.5. The van der Waals surface area contributed by atoms with Crippen LogP contribution in [-0.2, 0) is 28.0 Å². The van der Waals surface area contributed by atoms with E-state index in [1.807, 2.05) is 48.7 Å². The fourth-order valence-electron chi connectivity index (χ4n) is 5.85. The summed E-state index contributed by atoms with van der Waals surface area (Å²) in [5, 5.41) is 16.2. The molecule has 2 aromatic carbocycles. The number of aromatic nitrogens is 2. The second-order valence-corrected chi connectivity index (χ2v) is 11.1. The van der Waals surface area contributed by atoms with Crippen molar-refractivity contribution < 1.29 is 14.3 Å². The molecule has 8 heteroatoms. The number of pyridine rings is 1. The zero-order valence-electron chi connectivity index (χ0n) is 23.3. The van der Waals surface area contributed by atoms with Crippen LogP contribution < -0.4 is 10.6 Å². The molecule has 2 amide bonds. The number of nitrogens with zero attached hydrogens (tertiary/aromatic N) is 2. The number of rotatable bonds is 9. The summed E-state index contributed by atoms with van der Waals surface area (Å²) >= 11 is 0. The maximum absolute atomic E-state index is 14.0. The van der Waals surface area contributed by atoms with Crippen molar-refractivity contribution in [1.29, 1.82) is 5.26 Å². The van der Waals surface area contributed by atoms with E-state index in [1.165, 1.54) is 6.42 Å². The number of carbonyl (C=O) groups is 2. The Balaban J connectivity index is 1.36. The Morgan fingerprint density at radius 2 is 1.88 bits per heavy atom. The van der Waals surface area contributed by atoms with E-state index in [0.717, 1.165) is 47.8 Å². The lowest BCUT2D eigenvalue weighted by atomic mass is 9.71. The standard InChI is InChI=1S/C33H35N5O3/c1-32(19-26-21-36-28-13-4-3-12-27(26)28,38-31(40)41-22-25-11-9-10-24(18-25)20-34)30(39)37-23-33(15-6-2-7-16-33)29-14-5-8-17-35-29/h3-5,8-14,17-18,21,36H,2,6-7,15-16,19,22-23H2,1H3,(H,37,39)(H,38,40)/t32-/m0/s1. The summed E-state index contributed by atoms with van der Waals surface area (Å²) in [6.07, 6.45) is 8.46. The SMILES string of the molecule is C[C@@](Cc1c[nH]c2ccccc12)(NC(=O)OCc1cccc(C#N)c1)C(=O)NCC1(c2ccccn2)CCCCC1. The van der Waals surface area contributed by atoms with E-state index >= 15 is 0 Å². The molecule has 1 fully saturated rings. The van der Waals surface area contributed by atoms with Gasteiger partial charge in [0.1, 0.15) is 12.1 Å². The molecule has 1 atom stereocenters. The third kappa shape index (κ3) is 6.41. The quantitative estimate of drug-likeness (QED) is 0.248. The molecule has 1 saturated carbocycles. The number of benzene rings is 2. The monoisotopic (exact) mass is 549 g/mol. The second kappa shape index (κ2) is 12.3. The number of nitrogens with one attached hydrogen (secondary N) is 3. The minimum absolute atomic E-state index is 0.0189. The highest BCUT2D eigenvalue weighted by Gasteiger charge is 2.40. The molecular weight excluding hydrogens is 514 g/mol. The normalized spacial score (nSPS) is 15.8. The van der Waals surface area contributed by atoms with E-state index in [0.29, 0.717) is 17.7 Å². The van der Waals surface area contributed by atoms with Crippen LogP contribution in [0.2, 0.25) is 0 Å². The molecule has 3 N–H and O–H groups in total. The molecule has 1 aliphatic rings. The number of ether oxygens (including phenoxy) is 1. The Morgan fingerprint density at radius 3 is 2.66 bits per heavy atom. The highest BCUT2D eigenvalue weighted by Crippen LogP contribution is 2.38. The van der Waals surface area contributed by atoms with Crippen molar-refractivity contribution in [2.24, 2.45) is 0 Å². The van der Waals surface area contributed by atoms with Gasteiger partial charge in [0.05, 0.1) is 11.6 Å². The van der Waals surface area contributed by atoms with E-state index in [1.54, 1.807) is 37.4 Å². The minimum Gasteiger partial charge on any atom is -0.445 e. The van der Waals surface area contributed by atoms with Crippen LogP contribution in [0.15, 0.2) is 79.1 Å². The van der Waals surface area contributed by atoms with Crippen molar-refractivity contribution in [1.82, 2.24) is 20.6 Å². The van der Waals surface area contributed by atoms with E-state index in [2.05, 4.69) is 26.7 Å². The van der Waals surface area contributed by atoms with Gasteiger partial charge >= 0.3 is 6.09 Å². The third-order valence-electron chi connectivity index (χ3n) is 8.13. The number of fused-ring (bicyclic) bond motifs is 1. The van der Waals surface area contributed by atoms with E-state index in [9.17, 15) is 9.59 Å². The van der Waals surface area contributed by atoms with Crippen molar-refractivity contribution >= 4 is 22.9 Å². The average Bonchev–Trinajstić information content (AvgIpc) is 3.42. The van der Waals surface area contributed by atoms with Crippen LogP contribution in [-0.4, -0.2) is 34.1 Å². The van der Waals surface area contributed by atoms with Gasteiger partial charge in [-0.2, -0.15) is 5.26 Å². The predicted octanol–water partition coefficient (Wildman–Crippen LogP) is 5.68. The number of hydrogen-bond donors (Lipinski definition) is 3. The van der Waals surface area contributed by atoms with Gasteiger partial charge in [0, 0.05) is 47.4 Å². The van der Waals surface area contributed by atoms with Crippen molar-refractivity contribution in [3.8, 4) is 6.07 Å². The Bertz CT molecular complexity index is 1550. The average molecular weight is 550 g/mol. The number of H-pyrrole nitrogens is 1. The van der Waals surface area contributed by atoms with Crippen molar-refractivity contribution in [2.75, 3.05) is 6.54 Å². The summed E-state index contributed by atoms with van der Waals surface area (Å²) in [6.45, 7) is 2.15. The Hall–Kier alpha value is -4.64. The molecule has 0 spiro atoms. The van der Waals surface area contributed by atoms with Gasteiger partial charge in [-0.15, -0.1) is 0 Å². The molecule has 0 bridgehead atoms. The zero-order chi connectivity index (χ0) is 28.7. The first-order valence-electron chi connectivity index (χ1n) is 14.1. The summed E-state index contributed by atoms with van der Waals surface area (Å²) in [7, 11) is 0. The van der Waals surface area contributed by atoms with Crippen LogP contribution in [0.25, 0.3) is 10.9 Å². The van der Waals surface area contributed by atoms with Crippen molar-refractivity contribution in [2.45, 2.75) is 63.0 Å². The summed E-state index contributed by atoms with van der Waals surface area (Å²) < 4.78 is 5.51. The second-order valence-electron chi connectivity index (χ2n) is 11.1. The van der Waals surface area contributed by atoms with Crippen LogP contribution in [0.5, 0.6) is 0 Å². The summed E-state index contributed by atoms with van der Waals surface area (Å²) in [6, 6.07) is 22.8. The number of alkyl carbamates (subject to hydrolysis) is 1. The summed E-state index contributed by atoms with van der Waals surface area (Å²) in [5.74, 6) is -0.285. The molecule has 1 aliphatic carbocycles. The molecule has 4 aromatic rings. The maximum Gasteiger partial charge on any atom is 0.408 e. The van der Waals surface area contributed by atoms with Gasteiger partial charge in [-0.3, -0.25) is 9.78 Å². The van der Waals surface area contributed by atoms with E-state index < -0.39 is 11.6 Å². The molecule has 5 rings (SSSR count). The van der Waals surface area contributed by atoms with Crippen molar-refractivity contribution in [3.05, 3.63) is 102 Å². The van der Waals surface area contributed by atoms with Gasteiger partial charge in [-0.25, -0.2) is 4.79 Å². The molecular formula is C33H35N5O3. The predicted molar refractivity (Wildman–Crippen MR) is 157 cm³/mol. The fourth-order valence-corrected chi connectivity index (χ4v) is 5.85. The molecule has 0 saturated heterocycles. The first-order valence-corrected chi connectivity index (χ1v) is 14.1. The Labute approximate surface area is 240 Å². The molecule has 8 nitrogen and oxygen atoms in total. The van der Waals surface area contributed by atoms with Crippen LogP contribution in [0, 0.1) is 11.3 Å². The lowest BCUT2D eigenvalue weighted by Gasteiger charge is -2.38. The summed E-state index contributed by atoms with van der Waals surface area (Å²) in [5.41, 5.74) is 2.50. The molecule has 0 radical (unpaired) electrons. The maximum atomic E-state index is 14.0. The van der Waals surface area contributed by atoms with E-state index in [4.69, 9.17) is 10.00 Å². The smallest absolute Gasteiger partial charge is 0.408 e. The number of carbonyl (C=O) groups excluding carboxylic acids is 2. The van der Waals surface area contributed by atoms with Crippen LogP contribution >= 0.6 is 0 Å². The van der Waals surface area contributed by atoms with Crippen LogP contribution in [0.3, 0.4) is 0 Å². The summed E-state index contributed by atoms with van der Waals surface area (Å²) in [4.78, 5) is 35.0. The topological polar surface area (TPSA) is 120 Å². The van der Waals surface area contributed by atoms with Crippen molar-refractivity contribution in [3.63, 3.8) is 0 Å². The first-order chi connectivity index (χ1) is 19.9. The van der Waals surface area contributed by atoms with Gasteiger partial charge in [0.25, 0.3) is 0 Å². The largest absolute Gasteiger partial charge is 0.445 e. The lowest BCUT2D eigenvalue weighted by molar-refractivity contribution is -0.127. The molecule has 0 unspecified atom stereocenters. The van der Waals surface area contributed by atoms with Gasteiger partial charge in [0.2, 0.25) is 5.91 Å². The van der Waals surface area contributed by atoms with Gasteiger partial charge in [-0.05, 0) is 61.2 Å². The van der Waals surface area contributed by atoms with Gasteiger partial charge in [0.15, 0.2) is 0 Å². The molecule has 41 heavy (non-hydrogen) atoms. The van der Waals surface area contributed by atoms with Crippen LogP contribution in [0.4, 0.5) is 4.79 Å². The van der Waals surface area contributed by atoms with Gasteiger partial charge < -0.3 is 20.4 Å². The van der Waals surface area contributed by atoms with Crippen LogP contribution in [0.1, 0.15) is 61.4 Å².